The van der Waals surface area contributed by atoms with Crippen molar-refractivity contribution in [2.75, 3.05) is 20.6 Å². The molecule has 0 aliphatic heterocycles. The number of hydrogen-bond acceptors (Lipinski definition) is 3. The van der Waals surface area contributed by atoms with Crippen LogP contribution in [0.1, 0.15) is 46.1 Å². The maximum Gasteiger partial charge on any atom is 0.253 e. The molecule has 1 amide bonds. The van der Waals surface area contributed by atoms with Crippen molar-refractivity contribution >= 4 is 28.1 Å². The Kier molecular flexibility index (Phi) is 4.83. The van der Waals surface area contributed by atoms with E-state index in [2.05, 4.69) is 38.1 Å². The normalized spacial score (nSPS) is 15.2. The van der Waals surface area contributed by atoms with Gasteiger partial charge in [0.1, 0.15) is 0 Å². The van der Waals surface area contributed by atoms with Crippen LogP contribution in [0.25, 0.3) is 10.9 Å². The van der Waals surface area contributed by atoms with E-state index < -0.39 is 0 Å². The van der Waals surface area contributed by atoms with Crippen LogP contribution in [0.5, 0.6) is 0 Å². The maximum atomic E-state index is 12.9. The van der Waals surface area contributed by atoms with Gasteiger partial charge in [-0.25, -0.2) is 0 Å². The van der Waals surface area contributed by atoms with Gasteiger partial charge in [0.25, 0.3) is 5.91 Å². The van der Waals surface area contributed by atoms with Crippen LogP contribution in [0.15, 0.2) is 35.0 Å². The summed E-state index contributed by atoms with van der Waals surface area (Å²) in [6.45, 7) is 0.597. The molecule has 0 fully saturated rings. The number of carbonyl (C=O) groups excluding carboxylic acids is 1. The van der Waals surface area contributed by atoms with E-state index in [9.17, 15) is 4.79 Å². The summed E-state index contributed by atoms with van der Waals surface area (Å²) >= 11 is 1.69. The number of aromatic amines is 1. The molecule has 1 atom stereocenters. The van der Waals surface area contributed by atoms with E-state index in [-0.39, 0.29) is 11.9 Å². The highest BCUT2D eigenvalue weighted by Gasteiger charge is 2.21. The summed E-state index contributed by atoms with van der Waals surface area (Å²) in [6.07, 6.45) is 4.67. The second kappa shape index (κ2) is 7.25. The number of carbonyl (C=O) groups is 1. The molecule has 4 rings (SSSR count). The summed E-state index contributed by atoms with van der Waals surface area (Å²) in [5, 5.41) is 8.59. The van der Waals surface area contributed by atoms with Crippen LogP contribution >= 0.6 is 11.3 Å². The molecular weight excluding hydrogens is 342 g/mol. The van der Waals surface area contributed by atoms with Gasteiger partial charge in [-0.3, -0.25) is 4.79 Å². The van der Waals surface area contributed by atoms with Gasteiger partial charge in [0, 0.05) is 17.6 Å². The fourth-order valence-corrected chi connectivity index (χ4v) is 4.67. The quantitative estimate of drug-likeness (QED) is 0.712. The number of H-pyrrole nitrogens is 1. The van der Waals surface area contributed by atoms with Crippen LogP contribution in [0.4, 0.5) is 0 Å². The van der Waals surface area contributed by atoms with Crippen molar-refractivity contribution in [3.05, 3.63) is 57.4 Å². The summed E-state index contributed by atoms with van der Waals surface area (Å²) in [5.74, 6) is -0.00345. The second-order valence-corrected chi connectivity index (χ2v) is 8.04. The van der Waals surface area contributed by atoms with Gasteiger partial charge in [-0.15, -0.1) is 0 Å². The van der Waals surface area contributed by atoms with Crippen LogP contribution in [-0.2, 0) is 12.8 Å². The van der Waals surface area contributed by atoms with E-state index in [1.54, 1.807) is 11.3 Å². The molecule has 3 aromatic rings. The molecule has 2 N–H and O–H groups in total. The van der Waals surface area contributed by atoms with Crippen LogP contribution in [0, 0.1) is 0 Å². The standard InChI is InChI=1S/C21H25N3OS/c1-24(2)19(14-10-11-26-13-14)12-22-21(25)17-8-5-7-16-15-6-3-4-9-18(15)23-20(16)17/h5,7-8,10-11,13,19,23H,3-4,6,9,12H2,1-2H3,(H,22,25). The van der Waals surface area contributed by atoms with Crippen molar-refractivity contribution in [3.63, 3.8) is 0 Å². The number of nitrogens with one attached hydrogen (secondary N) is 2. The van der Waals surface area contributed by atoms with Crippen LogP contribution in [0.2, 0.25) is 0 Å². The monoisotopic (exact) mass is 367 g/mol. The second-order valence-electron chi connectivity index (χ2n) is 7.26. The minimum absolute atomic E-state index is 0.00345. The number of rotatable bonds is 5. The molecule has 4 nitrogen and oxygen atoms in total. The Hall–Kier alpha value is -2.11. The molecule has 136 valence electrons. The molecule has 0 bridgehead atoms. The van der Waals surface area contributed by atoms with Gasteiger partial charge in [-0.05, 0) is 73.8 Å². The zero-order valence-corrected chi connectivity index (χ0v) is 16.2. The van der Waals surface area contributed by atoms with Gasteiger partial charge in [0.15, 0.2) is 0 Å². The maximum absolute atomic E-state index is 12.9. The molecule has 1 aliphatic rings. The van der Waals surface area contributed by atoms with E-state index >= 15 is 0 Å². The first-order chi connectivity index (χ1) is 12.6. The number of fused-ring (bicyclic) bond motifs is 3. The number of aryl methyl sites for hydroxylation is 2. The minimum Gasteiger partial charge on any atom is -0.358 e. The zero-order valence-electron chi connectivity index (χ0n) is 15.3. The lowest BCUT2D eigenvalue weighted by molar-refractivity contribution is 0.0943. The number of amides is 1. The molecule has 0 saturated heterocycles. The molecule has 26 heavy (non-hydrogen) atoms. The Bertz CT molecular complexity index is 911. The molecule has 0 radical (unpaired) electrons. The topological polar surface area (TPSA) is 48.1 Å². The highest BCUT2D eigenvalue weighted by Crippen LogP contribution is 2.30. The lowest BCUT2D eigenvalue weighted by Crippen LogP contribution is -2.34. The van der Waals surface area contributed by atoms with Gasteiger partial charge in [0.2, 0.25) is 0 Å². The van der Waals surface area contributed by atoms with Gasteiger partial charge in [-0.1, -0.05) is 12.1 Å². The highest BCUT2D eigenvalue weighted by molar-refractivity contribution is 7.07. The molecule has 0 saturated carbocycles. The number of likely N-dealkylation sites (N-methyl/N-ethyl adjacent to an activating group) is 1. The SMILES string of the molecule is CN(C)C(CNC(=O)c1cccc2c3c([nH]c12)CCCC3)c1ccsc1. The number of thiophene rings is 1. The van der Waals surface area contributed by atoms with Gasteiger partial charge < -0.3 is 15.2 Å². The van der Waals surface area contributed by atoms with Crippen molar-refractivity contribution in [3.8, 4) is 0 Å². The Morgan fingerprint density at radius 3 is 2.88 bits per heavy atom. The molecule has 1 unspecified atom stereocenters. The molecule has 0 spiro atoms. The third-order valence-electron chi connectivity index (χ3n) is 5.39. The van der Waals surface area contributed by atoms with Crippen LogP contribution < -0.4 is 5.32 Å². The Balaban J connectivity index is 1.57. The number of para-hydroxylation sites is 1. The number of aromatic nitrogens is 1. The zero-order chi connectivity index (χ0) is 18.1. The first kappa shape index (κ1) is 17.3. The number of nitrogens with zero attached hydrogens (tertiary/aromatic N) is 1. The van der Waals surface area contributed by atoms with Gasteiger partial charge in [-0.2, -0.15) is 11.3 Å². The summed E-state index contributed by atoms with van der Waals surface area (Å²) in [4.78, 5) is 18.6. The average Bonchev–Trinajstić information content (AvgIpc) is 3.28. The Morgan fingerprint density at radius 1 is 1.27 bits per heavy atom. The lowest BCUT2D eigenvalue weighted by Gasteiger charge is -2.24. The van der Waals surface area contributed by atoms with E-state index in [1.165, 1.54) is 35.0 Å². The molecular formula is C21H25N3OS. The third-order valence-corrected chi connectivity index (χ3v) is 6.09. The smallest absolute Gasteiger partial charge is 0.253 e. The van der Waals surface area contributed by atoms with Crippen LogP contribution in [-0.4, -0.2) is 36.4 Å². The van der Waals surface area contributed by atoms with Gasteiger partial charge >= 0.3 is 0 Å². The van der Waals surface area contributed by atoms with E-state index in [1.807, 2.05) is 26.2 Å². The number of benzene rings is 1. The molecule has 5 heteroatoms. The Morgan fingerprint density at radius 2 is 2.12 bits per heavy atom. The van der Waals surface area contributed by atoms with Crippen LogP contribution in [0.3, 0.4) is 0 Å². The van der Waals surface area contributed by atoms with Crippen molar-refractivity contribution < 1.29 is 4.79 Å². The van der Waals surface area contributed by atoms with E-state index in [0.29, 0.717) is 6.54 Å². The summed E-state index contributed by atoms with van der Waals surface area (Å²) < 4.78 is 0. The van der Waals surface area contributed by atoms with E-state index in [0.717, 1.165) is 23.9 Å². The summed E-state index contributed by atoms with van der Waals surface area (Å²) in [7, 11) is 4.10. The highest BCUT2D eigenvalue weighted by atomic mass is 32.1. The largest absolute Gasteiger partial charge is 0.358 e. The van der Waals surface area contributed by atoms with Crippen molar-refractivity contribution in [1.82, 2.24) is 15.2 Å². The predicted molar refractivity (Wildman–Crippen MR) is 108 cm³/mol. The molecule has 2 heterocycles. The molecule has 2 aromatic heterocycles. The van der Waals surface area contributed by atoms with Crippen molar-refractivity contribution in [1.29, 1.82) is 0 Å². The van der Waals surface area contributed by atoms with Crippen molar-refractivity contribution in [2.24, 2.45) is 0 Å². The Labute approximate surface area is 158 Å². The predicted octanol–water partition coefficient (Wildman–Crippen LogP) is 4.14. The first-order valence-electron chi connectivity index (χ1n) is 9.24. The average molecular weight is 368 g/mol. The summed E-state index contributed by atoms with van der Waals surface area (Å²) in [6, 6.07) is 8.38. The fourth-order valence-electron chi connectivity index (χ4n) is 3.97. The first-order valence-corrected chi connectivity index (χ1v) is 10.2. The molecule has 1 aromatic carbocycles. The van der Waals surface area contributed by atoms with Crippen molar-refractivity contribution in [2.45, 2.75) is 31.7 Å². The minimum atomic E-state index is -0.00345. The lowest BCUT2D eigenvalue weighted by atomic mass is 9.95. The van der Waals surface area contributed by atoms with E-state index in [4.69, 9.17) is 0 Å². The summed E-state index contributed by atoms with van der Waals surface area (Å²) in [5.41, 5.74) is 5.71. The third kappa shape index (κ3) is 3.17. The fraction of sp³-hybridized carbons (Fsp3) is 0.381. The molecule has 1 aliphatic carbocycles. The van der Waals surface area contributed by atoms with Gasteiger partial charge in [0.05, 0.1) is 17.1 Å². The number of hydrogen-bond donors (Lipinski definition) is 2.